The minimum absolute atomic E-state index is 0.487. The van der Waals surface area contributed by atoms with Crippen LogP contribution in [-0.2, 0) is 4.65 Å². The lowest BCUT2D eigenvalue weighted by atomic mass is 9.38. The topological polar surface area (TPSA) is 15.7 Å². The van der Waals surface area contributed by atoms with E-state index in [9.17, 15) is 0 Å². The van der Waals surface area contributed by atoms with Crippen molar-refractivity contribution in [3.05, 3.63) is 0 Å². The van der Waals surface area contributed by atoms with Gasteiger partial charge < -0.3 is 4.65 Å². The van der Waals surface area contributed by atoms with Gasteiger partial charge in [-0.05, 0) is 24.5 Å². The summed E-state index contributed by atoms with van der Waals surface area (Å²) in [6.45, 7) is 1.60. The number of fused-ring (bicyclic) bond motifs is 2. The molecule has 0 amide bonds. The average molecular weight is 313 g/mol. The monoisotopic (exact) mass is 313 g/mol. The summed E-state index contributed by atoms with van der Waals surface area (Å²) in [6, 6.07) is 0. The van der Waals surface area contributed by atoms with E-state index in [0.717, 1.165) is 18.2 Å². The molecule has 2 aliphatic heterocycles. The summed E-state index contributed by atoms with van der Waals surface area (Å²) < 4.78 is 11.2. The van der Waals surface area contributed by atoms with Crippen LogP contribution in [0.4, 0.5) is 0 Å². The zero-order valence-corrected chi connectivity index (χ0v) is 15.6. The van der Waals surface area contributed by atoms with Gasteiger partial charge in [-0.15, -0.1) is 0 Å². The highest BCUT2D eigenvalue weighted by molar-refractivity contribution is 7.52. The molecule has 0 N–H and O–H groups in total. The van der Waals surface area contributed by atoms with Gasteiger partial charge in [0.15, 0.2) is 0 Å². The normalized spacial score (nSPS) is 26.1. The van der Waals surface area contributed by atoms with Crippen molar-refractivity contribution in [2.45, 2.75) is 63.0 Å². The fourth-order valence-corrected chi connectivity index (χ4v) is 6.60. The first-order chi connectivity index (χ1) is 10.1. The summed E-state index contributed by atoms with van der Waals surface area (Å²) in [7, 11) is 8.38. The van der Waals surface area contributed by atoms with Crippen molar-refractivity contribution < 1.29 is 4.65 Å². The van der Waals surface area contributed by atoms with Crippen molar-refractivity contribution in [2.75, 3.05) is 41.0 Å². The highest BCUT2D eigenvalue weighted by Crippen LogP contribution is 2.46. The molecule has 0 spiro atoms. The highest BCUT2D eigenvalue weighted by atomic mass is 31.1. The first-order valence-electron chi connectivity index (χ1n) is 8.91. The number of unbranched alkanes of at least 4 members (excludes halogenated alkanes) is 1. The van der Waals surface area contributed by atoms with Crippen molar-refractivity contribution in [3.63, 3.8) is 0 Å². The predicted molar refractivity (Wildman–Crippen MR) is 96.7 cm³/mol. The predicted octanol–water partition coefficient (Wildman–Crippen LogP) is 4.05. The second-order valence-corrected chi connectivity index (χ2v) is 10.5. The number of hydrogen-bond acceptors (Lipinski definition) is 3. The van der Waals surface area contributed by atoms with E-state index >= 15 is 0 Å². The fraction of sp³-hybridized carbons (Fsp3) is 1.00. The Hall–Kier alpha value is 0.375. The molecule has 0 saturated carbocycles. The van der Waals surface area contributed by atoms with Gasteiger partial charge in [0.05, 0.1) is 6.16 Å². The summed E-state index contributed by atoms with van der Waals surface area (Å²) >= 11 is 0. The minimum atomic E-state index is -0.487. The third kappa shape index (κ3) is 5.20. The average Bonchev–Trinajstić information content (AvgIpc) is 2.41. The van der Waals surface area contributed by atoms with Crippen molar-refractivity contribution in [1.29, 1.82) is 0 Å². The summed E-state index contributed by atoms with van der Waals surface area (Å²) in [5, 5.41) is 0. The summed E-state index contributed by atoms with van der Waals surface area (Å²) in [5.74, 6) is 1.78. The highest BCUT2D eigenvalue weighted by Gasteiger charge is 2.40. The number of rotatable bonds is 8. The van der Waals surface area contributed by atoms with E-state index in [1.807, 2.05) is 0 Å². The van der Waals surface area contributed by atoms with Gasteiger partial charge in [0, 0.05) is 34.8 Å². The molecule has 2 aliphatic rings. The summed E-state index contributed by atoms with van der Waals surface area (Å²) in [4.78, 5) is 0. The Morgan fingerprint density at radius 3 is 1.90 bits per heavy atom. The van der Waals surface area contributed by atoms with Crippen LogP contribution in [0.5, 0.6) is 0 Å². The molecular weight excluding hydrogens is 278 g/mol. The molecule has 21 heavy (non-hydrogen) atoms. The van der Waals surface area contributed by atoms with Gasteiger partial charge in [-0.1, -0.05) is 38.5 Å². The van der Waals surface area contributed by atoms with Crippen LogP contribution in [0.25, 0.3) is 0 Å². The lowest BCUT2D eigenvalue weighted by molar-refractivity contribution is 0.263. The molecule has 5 heteroatoms. The van der Waals surface area contributed by atoms with Crippen LogP contribution in [-0.4, -0.2) is 57.2 Å². The Kier molecular flexibility index (Phi) is 7.48. The Balaban J connectivity index is 1.63. The van der Waals surface area contributed by atoms with Gasteiger partial charge in [0.25, 0.3) is 6.92 Å². The molecule has 3 nitrogen and oxygen atoms in total. The van der Waals surface area contributed by atoms with Crippen LogP contribution in [0, 0.1) is 0 Å². The van der Waals surface area contributed by atoms with E-state index in [1.165, 1.54) is 57.5 Å². The Bertz CT molecular complexity index is 274. The van der Waals surface area contributed by atoms with Gasteiger partial charge in [-0.25, -0.2) is 0 Å². The third-order valence-electron chi connectivity index (χ3n) is 5.37. The molecule has 0 unspecified atom stereocenters. The lowest BCUT2D eigenvalue weighted by Crippen LogP contribution is -2.37. The second-order valence-electron chi connectivity index (χ2n) is 7.38. The van der Waals surface area contributed by atoms with Gasteiger partial charge in [0.1, 0.15) is 8.22 Å². The molecule has 2 bridgehead atoms. The zero-order valence-electron chi connectivity index (χ0n) is 14.6. The molecule has 2 heterocycles. The van der Waals surface area contributed by atoms with E-state index in [2.05, 4.69) is 37.5 Å². The fourth-order valence-electron chi connectivity index (χ4n) is 4.34. The van der Waals surface area contributed by atoms with Crippen LogP contribution < -0.4 is 0 Å². The minimum Gasteiger partial charge on any atom is -0.435 e. The van der Waals surface area contributed by atoms with E-state index in [-0.39, 0.29) is 0 Å². The molecule has 2 saturated heterocycles. The maximum absolute atomic E-state index is 6.34. The number of nitrogens with zero attached hydrogens (tertiary/aromatic N) is 2. The van der Waals surface area contributed by atoms with Crippen LogP contribution >= 0.6 is 8.22 Å². The molecule has 0 aromatic carbocycles. The van der Waals surface area contributed by atoms with E-state index < -0.39 is 8.22 Å². The van der Waals surface area contributed by atoms with Gasteiger partial charge >= 0.3 is 0 Å². The van der Waals surface area contributed by atoms with Gasteiger partial charge in [-0.3, -0.25) is 0 Å². The zero-order chi connectivity index (χ0) is 15.2. The maximum atomic E-state index is 6.34. The quantitative estimate of drug-likeness (QED) is 0.382. The molecule has 0 aromatic rings. The molecule has 0 aromatic heterocycles. The molecule has 0 atom stereocenters. The molecule has 2 fully saturated rings. The maximum Gasteiger partial charge on any atom is 0.299 e. The van der Waals surface area contributed by atoms with Gasteiger partial charge in [-0.2, -0.15) is 9.34 Å². The number of hydrogen-bond donors (Lipinski definition) is 0. The molecule has 2 rings (SSSR count). The first kappa shape index (κ1) is 17.7. The van der Waals surface area contributed by atoms with Gasteiger partial charge in [0.2, 0.25) is 0 Å². The second kappa shape index (κ2) is 8.86. The van der Waals surface area contributed by atoms with Crippen molar-refractivity contribution >= 4 is 15.1 Å². The molecule has 122 valence electrons. The van der Waals surface area contributed by atoms with E-state index in [4.69, 9.17) is 4.65 Å². The van der Waals surface area contributed by atoms with Crippen LogP contribution in [0.3, 0.4) is 0 Å². The largest absolute Gasteiger partial charge is 0.435 e. The van der Waals surface area contributed by atoms with Crippen LogP contribution in [0.15, 0.2) is 0 Å². The summed E-state index contributed by atoms with van der Waals surface area (Å²) in [6.07, 6.45) is 12.5. The van der Waals surface area contributed by atoms with Crippen molar-refractivity contribution in [1.82, 2.24) is 9.34 Å². The standard InChI is InChI=1S/C16H34BN2OP/c1-18(2)21(19(3)4)14-6-5-13-20-17-15-9-7-10-16(17)12-8-11-15/h15-16H,5-14H2,1-4H3/p+1. The Labute approximate surface area is 133 Å². The molecular formula is C16H35BN2OP+. The molecule has 0 aliphatic carbocycles. The van der Waals surface area contributed by atoms with Crippen molar-refractivity contribution in [3.8, 4) is 0 Å². The summed E-state index contributed by atoms with van der Waals surface area (Å²) in [5.41, 5.74) is 0. The van der Waals surface area contributed by atoms with Crippen LogP contribution in [0.1, 0.15) is 51.4 Å². The van der Waals surface area contributed by atoms with E-state index in [1.54, 1.807) is 0 Å². The van der Waals surface area contributed by atoms with E-state index in [0.29, 0.717) is 6.92 Å². The Morgan fingerprint density at radius 1 is 0.905 bits per heavy atom. The SMILES string of the molecule is CN(C)[PH+](CCCCOB1C2CCCC1CCC2)N(C)C. The van der Waals surface area contributed by atoms with Crippen LogP contribution in [0.2, 0.25) is 11.6 Å². The molecule has 0 radical (unpaired) electrons. The van der Waals surface area contributed by atoms with Crippen molar-refractivity contribution in [2.24, 2.45) is 0 Å². The lowest BCUT2D eigenvalue weighted by Gasteiger charge is -2.39. The third-order valence-corrected chi connectivity index (χ3v) is 8.23. The Morgan fingerprint density at radius 2 is 1.43 bits per heavy atom. The smallest absolute Gasteiger partial charge is 0.299 e. The first-order valence-corrected chi connectivity index (χ1v) is 10.5.